The van der Waals surface area contributed by atoms with E-state index in [4.69, 9.17) is 0 Å². The second-order valence-electron chi connectivity index (χ2n) is 17.2. The maximum absolute atomic E-state index is 2.48. The lowest BCUT2D eigenvalue weighted by Gasteiger charge is -2.33. The van der Waals surface area contributed by atoms with E-state index in [2.05, 4.69) is 289 Å². The van der Waals surface area contributed by atoms with Crippen LogP contribution in [0.25, 0.3) is 75.8 Å². The van der Waals surface area contributed by atoms with Crippen LogP contribution in [0.5, 0.6) is 0 Å². The van der Waals surface area contributed by atoms with Crippen LogP contribution in [0.4, 0.5) is 34.1 Å². The van der Waals surface area contributed by atoms with Gasteiger partial charge in [-0.05, 0) is 81.9 Å². The number of hydrogen-bond acceptors (Lipinski definition) is 3. The van der Waals surface area contributed by atoms with E-state index in [0.29, 0.717) is 0 Å². The van der Waals surface area contributed by atoms with Crippen LogP contribution in [0, 0.1) is 0 Å². The third-order valence-electron chi connectivity index (χ3n) is 13.1. The van der Waals surface area contributed by atoms with Gasteiger partial charge < -0.3 is 9.80 Å². The van der Waals surface area contributed by atoms with Crippen LogP contribution in [0.15, 0.2) is 279 Å². The fourth-order valence-corrected chi connectivity index (χ4v) is 11.1. The van der Waals surface area contributed by atoms with Gasteiger partial charge >= 0.3 is 0 Å². The molecule has 326 valence electrons. The number of para-hydroxylation sites is 4. The molecular weight excluding hydrogens is 853 g/mol. The first-order valence-corrected chi connectivity index (χ1v) is 24.3. The van der Waals surface area contributed by atoms with Crippen molar-refractivity contribution in [1.29, 1.82) is 0 Å². The first kappa shape index (κ1) is 41.7. The highest BCUT2D eigenvalue weighted by molar-refractivity contribution is 7.26. The SMILES string of the molecule is c1ccc(-c2ccc(N(c3ccc4c(c3)sc3c(-c5ccccc5)cccc34)c3ccccc3-c3ccccc3N(c3ccccc3-c3ccccc3)c3ccccc3-c3ccccc3)cc2)cc1. The van der Waals surface area contributed by atoms with E-state index in [1.54, 1.807) is 0 Å². The highest BCUT2D eigenvalue weighted by atomic mass is 32.1. The van der Waals surface area contributed by atoms with Crippen molar-refractivity contribution in [3.8, 4) is 55.6 Å². The Bertz CT molecular complexity index is 3630. The lowest BCUT2D eigenvalue weighted by molar-refractivity contribution is 1.27. The number of anilines is 6. The van der Waals surface area contributed by atoms with Crippen molar-refractivity contribution >= 4 is 65.6 Å². The molecule has 12 aromatic rings. The van der Waals surface area contributed by atoms with Gasteiger partial charge in [0.2, 0.25) is 0 Å². The normalized spacial score (nSPS) is 11.2. The zero-order chi connectivity index (χ0) is 45.9. The monoisotopic (exact) mass is 898 g/mol. The van der Waals surface area contributed by atoms with Gasteiger partial charge in [0.1, 0.15) is 0 Å². The average molecular weight is 899 g/mol. The van der Waals surface area contributed by atoms with Crippen molar-refractivity contribution in [1.82, 2.24) is 0 Å². The molecule has 0 spiro atoms. The molecule has 0 aliphatic heterocycles. The van der Waals surface area contributed by atoms with Crippen LogP contribution in [-0.2, 0) is 0 Å². The zero-order valence-corrected chi connectivity index (χ0v) is 38.7. The fraction of sp³-hybridized carbons (Fsp3) is 0. The Morgan fingerprint density at radius 2 is 0.609 bits per heavy atom. The van der Waals surface area contributed by atoms with Gasteiger partial charge in [-0.25, -0.2) is 0 Å². The summed E-state index contributed by atoms with van der Waals surface area (Å²) in [6, 6.07) is 101. The number of hydrogen-bond donors (Lipinski definition) is 0. The Morgan fingerprint density at radius 1 is 0.232 bits per heavy atom. The molecule has 11 aromatic carbocycles. The fourth-order valence-electron chi connectivity index (χ4n) is 9.87. The summed E-state index contributed by atoms with van der Waals surface area (Å²) in [5.74, 6) is 0. The van der Waals surface area contributed by atoms with Gasteiger partial charge in [-0.3, -0.25) is 0 Å². The molecule has 2 nitrogen and oxygen atoms in total. The Labute approximate surface area is 407 Å². The molecule has 0 bridgehead atoms. The van der Waals surface area contributed by atoms with Crippen LogP contribution < -0.4 is 9.80 Å². The topological polar surface area (TPSA) is 6.48 Å². The maximum atomic E-state index is 2.48. The van der Waals surface area contributed by atoms with Gasteiger partial charge in [0.15, 0.2) is 0 Å². The molecule has 0 saturated heterocycles. The summed E-state index contributed by atoms with van der Waals surface area (Å²) in [4.78, 5) is 4.92. The van der Waals surface area contributed by atoms with E-state index in [0.717, 1.165) is 67.5 Å². The minimum absolute atomic E-state index is 1.07. The molecule has 12 rings (SSSR count). The zero-order valence-electron chi connectivity index (χ0n) is 37.9. The third kappa shape index (κ3) is 7.95. The average Bonchev–Trinajstić information content (AvgIpc) is 3.81. The predicted molar refractivity (Wildman–Crippen MR) is 296 cm³/mol. The summed E-state index contributed by atoms with van der Waals surface area (Å²) >= 11 is 1.87. The van der Waals surface area contributed by atoms with Crippen molar-refractivity contribution in [3.05, 3.63) is 279 Å². The van der Waals surface area contributed by atoms with Crippen LogP contribution in [0.3, 0.4) is 0 Å². The maximum Gasteiger partial charge on any atom is 0.0541 e. The molecule has 0 fully saturated rings. The van der Waals surface area contributed by atoms with Crippen molar-refractivity contribution in [2.45, 2.75) is 0 Å². The second-order valence-corrected chi connectivity index (χ2v) is 18.3. The summed E-state index contributed by atoms with van der Waals surface area (Å²) in [5.41, 5.74) is 18.2. The number of rotatable bonds is 11. The van der Waals surface area contributed by atoms with E-state index >= 15 is 0 Å². The smallest absolute Gasteiger partial charge is 0.0541 e. The van der Waals surface area contributed by atoms with Crippen LogP contribution >= 0.6 is 11.3 Å². The number of nitrogens with zero attached hydrogens (tertiary/aromatic N) is 2. The van der Waals surface area contributed by atoms with E-state index in [1.807, 2.05) is 11.3 Å². The molecule has 0 aliphatic carbocycles. The third-order valence-corrected chi connectivity index (χ3v) is 14.3. The van der Waals surface area contributed by atoms with Crippen LogP contribution in [0.2, 0.25) is 0 Å². The van der Waals surface area contributed by atoms with E-state index in [1.165, 1.54) is 42.4 Å². The Balaban J connectivity index is 1.08. The molecule has 1 aromatic heterocycles. The van der Waals surface area contributed by atoms with Crippen molar-refractivity contribution in [3.63, 3.8) is 0 Å². The largest absolute Gasteiger partial charge is 0.310 e. The molecule has 0 amide bonds. The van der Waals surface area contributed by atoms with E-state index in [9.17, 15) is 0 Å². The van der Waals surface area contributed by atoms with Gasteiger partial charge in [-0.1, -0.05) is 231 Å². The molecule has 0 atom stereocenters. The van der Waals surface area contributed by atoms with E-state index < -0.39 is 0 Å². The minimum atomic E-state index is 1.07. The summed E-state index contributed by atoms with van der Waals surface area (Å²) in [6.45, 7) is 0. The summed E-state index contributed by atoms with van der Waals surface area (Å²) in [5, 5.41) is 2.54. The number of benzene rings is 11. The molecule has 3 heteroatoms. The van der Waals surface area contributed by atoms with Crippen molar-refractivity contribution in [2.24, 2.45) is 0 Å². The Kier molecular flexibility index (Phi) is 11.2. The minimum Gasteiger partial charge on any atom is -0.310 e. The van der Waals surface area contributed by atoms with Gasteiger partial charge in [0.05, 0.1) is 22.7 Å². The summed E-state index contributed by atoms with van der Waals surface area (Å²) in [7, 11) is 0. The molecule has 0 N–H and O–H groups in total. The Hall–Kier alpha value is -8.76. The lowest BCUT2D eigenvalue weighted by Crippen LogP contribution is -2.15. The van der Waals surface area contributed by atoms with Gasteiger partial charge in [0, 0.05) is 53.8 Å². The summed E-state index contributed by atoms with van der Waals surface area (Å²) < 4.78 is 2.55. The molecular formula is C66H46N2S. The van der Waals surface area contributed by atoms with Gasteiger partial charge in [-0.15, -0.1) is 11.3 Å². The Morgan fingerprint density at radius 3 is 1.13 bits per heavy atom. The first-order chi connectivity index (χ1) is 34.3. The first-order valence-electron chi connectivity index (χ1n) is 23.5. The number of thiophene rings is 1. The molecule has 0 radical (unpaired) electrons. The lowest BCUT2D eigenvalue weighted by atomic mass is 9.95. The van der Waals surface area contributed by atoms with Gasteiger partial charge in [0.25, 0.3) is 0 Å². The summed E-state index contributed by atoms with van der Waals surface area (Å²) in [6.07, 6.45) is 0. The second kappa shape index (κ2) is 18.5. The molecule has 0 saturated carbocycles. The molecule has 1 heterocycles. The van der Waals surface area contributed by atoms with Gasteiger partial charge in [-0.2, -0.15) is 0 Å². The van der Waals surface area contributed by atoms with Crippen molar-refractivity contribution in [2.75, 3.05) is 9.80 Å². The standard InChI is InChI=1S/C66H46N2S/c1-5-22-47(23-6-1)48-40-42-52(43-41-48)67(53-44-45-59-60-35-21-34-56(51-28-11-4-12-29-51)66(60)69-65(59)46-53)63-38-19-15-32-57(63)58-33-16-20-39-64(58)68(61-36-17-13-30-54(61)49-24-7-2-8-25-49)62-37-18-14-31-55(62)50-26-9-3-10-27-50/h1-46H. The van der Waals surface area contributed by atoms with Crippen LogP contribution in [-0.4, -0.2) is 0 Å². The predicted octanol–water partition coefficient (Wildman–Crippen LogP) is 19.3. The highest BCUT2D eigenvalue weighted by Gasteiger charge is 2.26. The highest BCUT2D eigenvalue weighted by Crippen LogP contribution is 2.51. The molecule has 69 heavy (non-hydrogen) atoms. The molecule has 0 unspecified atom stereocenters. The molecule has 0 aliphatic rings. The van der Waals surface area contributed by atoms with Crippen molar-refractivity contribution < 1.29 is 0 Å². The van der Waals surface area contributed by atoms with Crippen LogP contribution in [0.1, 0.15) is 0 Å². The number of fused-ring (bicyclic) bond motifs is 3. The van der Waals surface area contributed by atoms with E-state index in [-0.39, 0.29) is 0 Å². The quantitative estimate of drug-likeness (QED) is 0.128.